The van der Waals surface area contributed by atoms with Crippen molar-refractivity contribution < 1.29 is 9.63 Å². The van der Waals surface area contributed by atoms with Gasteiger partial charge in [0.05, 0.1) is 12.1 Å². The molecule has 2 aromatic rings. The maximum Gasteiger partial charge on any atom is 0.344 e. The fourth-order valence-electron chi connectivity index (χ4n) is 3.49. The Morgan fingerprint density at radius 3 is 2.88 bits per heavy atom. The summed E-state index contributed by atoms with van der Waals surface area (Å²) in [5.74, 6) is 0. The van der Waals surface area contributed by atoms with E-state index in [0.717, 1.165) is 41.3 Å². The van der Waals surface area contributed by atoms with Gasteiger partial charge in [-0.3, -0.25) is 4.84 Å². The van der Waals surface area contributed by atoms with Gasteiger partial charge in [0.2, 0.25) is 0 Å². The van der Waals surface area contributed by atoms with Crippen molar-refractivity contribution in [3.8, 4) is 0 Å². The van der Waals surface area contributed by atoms with E-state index >= 15 is 0 Å². The molecular formula is C18H22N4O2S. The third-order valence-electron chi connectivity index (χ3n) is 4.77. The quantitative estimate of drug-likeness (QED) is 0.792. The van der Waals surface area contributed by atoms with Crippen LogP contribution in [0.2, 0.25) is 0 Å². The number of aryl methyl sites for hydroxylation is 1. The van der Waals surface area contributed by atoms with Gasteiger partial charge in [-0.2, -0.15) is 5.06 Å². The molecule has 7 heteroatoms. The summed E-state index contributed by atoms with van der Waals surface area (Å²) in [5.41, 5.74) is 1.07. The SMILES string of the molecule is CCCc1nnc(C2CCC3CN2C(=O)N3OCc2ccccc2)s1. The summed E-state index contributed by atoms with van der Waals surface area (Å²) >= 11 is 1.64. The lowest BCUT2D eigenvalue weighted by Crippen LogP contribution is -2.33. The zero-order chi connectivity index (χ0) is 17.2. The summed E-state index contributed by atoms with van der Waals surface area (Å²) in [7, 11) is 0. The molecule has 2 fully saturated rings. The van der Waals surface area contributed by atoms with E-state index in [0.29, 0.717) is 13.2 Å². The van der Waals surface area contributed by atoms with Crippen LogP contribution >= 0.6 is 11.3 Å². The lowest BCUT2D eigenvalue weighted by Gasteiger charge is -2.28. The van der Waals surface area contributed by atoms with E-state index in [4.69, 9.17) is 4.84 Å². The molecule has 1 aromatic heterocycles. The molecule has 2 unspecified atom stereocenters. The Balaban J connectivity index is 1.44. The van der Waals surface area contributed by atoms with Crippen LogP contribution in [0.15, 0.2) is 30.3 Å². The second-order valence-corrected chi connectivity index (χ2v) is 7.64. The molecule has 0 spiro atoms. The fraction of sp³-hybridized carbons (Fsp3) is 0.500. The van der Waals surface area contributed by atoms with Crippen LogP contribution in [0.4, 0.5) is 4.79 Å². The maximum absolute atomic E-state index is 12.8. The van der Waals surface area contributed by atoms with Gasteiger partial charge in [-0.25, -0.2) is 4.79 Å². The number of hydrogen-bond donors (Lipinski definition) is 0. The van der Waals surface area contributed by atoms with Crippen LogP contribution in [-0.2, 0) is 17.9 Å². The third kappa shape index (κ3) is 3.26. The molecule has 4 rings (SSSR count). The molecule has 6 nitrogen and oxygen atoms in total. The van der Waals surface area contributed by atoms with Crippen molar-refractivity contribution >= 4 is 17.4 Å². The number of hydroxylamine groups is 2. The molecule has 2 aliphatic heterocycles. The predicted molar refractivity (Wildman–Crippen MR) is 94.8 cm³/mol. The number of urea groups is 1. The minimum absolute atomic E-state index is 0.0391. The summed E-state index contributed by atoms with van der Waals surface area (Å²) in [5, 5.41) is 12.2. The van der Waals surface area contributed by atoms with Crippen LogP contribution in [0.25, 0.3) is 0 Å². The highest BCUT2D eigenvalue weighted by atomic mass is 32.1. The molecule has 0 saturated carbocycles. The normalized spacial score (nSPS) is 22.7. The van der Waals surface area contributed by atoms with Gasteiger partial charge in [-0.05, 0) is 24.8 Å². The Kier molecular flexibility index (Phi) is 4.67. The van der Waals surface area contributed by atoms with Crippen molar-refractivity contribution in [1.82, 2.24) is 20.2 Å². The first-order valence-corrected chi connectivity index (χ1v) is 9.67. The van der Waals surface area contributed by atoms with E-state index in [1.165, 1.54) is 0 Å². The number of hydrogen-bond acceptors (Lipinski definition) is 5. The molecule has 0 radical (unpaired) electrons. The van der Waals surface area contributed by atoms with E-state index in [9.17, 15) is 4.79 Å². The summed E-state index contributed by atoms with van der Waals surface area (Å²) < 4.78 is 0. The first-order valence-electron chi connectivity index (χ1n) is 8.85. The summed E-state index contributed by atoms with van der Waals surface area (Å²) in [4.78, 5) is 20.6. The molecule has 0 N–H and O–H groups in total. The lowest BCUT2D eigenvalue weighted by molar-refractivity contribution is -0.140. The molecule has 2 bridgehead atoms. The molecule has 1 aromatic carbocycles. The van der Waals surface area contributed by atoms with Crippen LogP contribution in [0, 0.1) is 0 Å². The first kappa shape index (κ1) is 16.5. The van der Waals surface area contributed by atoms with Crippen molar-refractivity contribution in [2.45, 2.75) is 51.3 Å². The molecule has 3 heterocycles. The number of benzene rings is 1. The number of carbonyl (C=O) groups is 1. The third-order valence-corrected chi connectivity index (χ3v) is 5.85. The van der Waals surface area contributed by atoms with E-state index in [-0.39, 0.29) is 18.1 Å². The zero-order valence-corrected chi connectivity index (χ0v) is 15.1. The maximum atomic E-state index is 12.8. The van der Waals surface area contributed by atoms with E-state index in [1.54, 1.807) is 16.4 Å². The number of amides is 2. The van der Waals surface area contributed by atoms with Crippen molar-refractivity contribution in [2.24, 2.45) is 0 Å². The Morgan fingerprint density at radius 1 is 1.24 bits per heavy atom. The first-order chi connectivity index (χ1) is 12.3. The Bertz CT molecular complexity index is 736. The molecule has 2 atom stereocenters. The van der Waals surface area contributed by atoms with Gasteiger partial charge >= 0.3 is 6.03 Å². The van der Waals surface area contributed by atoms with Crippen LogP contribution in [0.5, 0.6) is 0 Å². The van der Waals surface area contributed by atoms with Crippen molar-refractivity contribution in [2.75, 3.05) is 6.54 Å². The summed E-state index contributed by atoms with van der Waals surface area (Å²) in [6.45, 7) is 3.26. The number of rotatable bonds is 6. The Morgan fingerprint density at radius 2 is 2.08 bits per heavy atom. The van der Waals surface area contributed by atoms with Gasteiger partial charge in [0, 0.05) is 13.0 Å². The van der Waals surface area contributed by atoms with Crippen LogP contribution < -0.4 is 0 Å². The highest BCUT2D eigenvalue weighted by Gasteiger charge is 2.47. The molecular weight excluding hydrogens is 336 g/mol. The van der Waals surface area contributed by atoms with Gasteiger partial charge in [0.1, 0.15) is 16.6 Å². The van der Waals surface area contributed by atoms with Crippen molar-refractivity contribution in [3.63, 3.8) is 0 Å². The van der Waals surface area contributed by atoms with Gasteiger partial charge in [0.25, 0.3) is 0 Å². The minimum Gasteiger partial charge on any atom is -0.311 e. The van der Waals surface area contributed by atoms with Crippen LogP contribution in [0.3, 0.4) is 0 Å². The lowest BCUT2D eigenvalue weighted by atomic mass is 10.0. The number of nitrogens with zero attached hydrogens (tertiary/aromatic N) is 4. The number of piperidine rings is 1. The van der Waals surface area contributed by atoms with Gasteiger partial charge < -0.3 is 4.90 Å². The monoisotopic (exact) mass is 358 g/mol. The molecule has 2 aliphatic rings. The smallest absolute Gasteiger partial charge is 0.311 e. The number of carbonyl (C=O) groups excluding carboxylic acids is 1. The van der Waals surface area contributed by atoms with Crippen LogP contribution in [-0.4, -0.2) is 38.8 Å². The van der Waals surface area contributed by atoms with Gasteiger partial charge in [-0.15, -0.1) is 10.2 Å². The fourth-order valence-corrected chi connectivity index (χ4v) is 4.58. The number of fused-ring (bicyclic) bond motifs is 2. The highest BCUT2D eigenvalue weighted by molar-refractivity contribution is 7.11. The molecule has 25 heavy (non-hydrogen) atoms. The second kappa shape index (κ2) is 7.09. The number of aromatic nitrogens is 2. The topological polar surface area (TPSA) is 58.6 Å². The molecule has 132 valence electrons. The standard InChI is InChI=1S/C18H22N4O2S/c1-2-6-16-19-20-17(25-16)15-10-9-14-11-21(15)18(23)22(14)24-12-13-7-4-3-5-8-13/h3-5,7-8,14-15H,2,6,9-12H2,1H3. The zero-order valence-electron chi connectivity index (χ0n) is 14.3. The van der Waals surface area contributed by atoms with Gasteiger partial charge in [-0.1, -0.05) is 48.6 Å². The minimum atomic E-state index is -0.0457. The van der Waals surface area contributed by atoms with Crippen molar-refractivity contribution in [1.29, 1.82) is 0 Å². The predicted octanol–water partition coefficient (Wildman–Crippen LogP) is 3.56. The van der Waals surface area contributed by atoms with E-state index in [1.807, 2.05) is 35.2 Å². The summed E-state index contributed by atoms with van der Waals surface area (Å²) in [6, 6.07) is 10.1. The highest BCUT2D eigenvalue weighted by Crippen LogP contribution is 2.39. The summed E-state index contributed by atoms with van der Waals surface area (Å²) in [6.07, 6.45) is 3.87. The molecule has 2 amide bonds. The van der Waals surface area contributed by atoms with E-state index < -0.39 is 0 Å². The molecule has 0 aliphatic carbocycles. The van der Waals surface area contributed by atoms with E-state index in [2.05, 4.69) is 17.1 Å². The molecule has 2 saturated heterocycles. The van der Waals surface area contributed by atoms with Crippen molar-refractivity contribution in [3.05, 3.63) is 45.9 Å². The second-order valence-electron chi connectivity index (χ2n) is 6.55. The average molecular weight is 358 g/mol. The Labute approximate surface area is 151 Å². The largest absolute Gasteiger partial charge is 0.344 e. The van der Waals surface area contributed by atoms with Gasteiger partial charge in [0.15, 0.2) is 0 Å². The van der Waals surface area contributed by atoms with Crippen LogP contribution in [0.1, 0.15) is 47.8 Å². The average Bonchev–Trinajstić information content (AvgIpc) is 3.19. The Hall–Kier alpha value is -1.99.